The van der Waals surface area contributed by atoms with E-state index in [1.54, 1.807) is 29.2 Å². The lowest BCUT2D eigenvalue weighted by Gasteiger charge is -2.16. The van der Waals surface area contributed by atoms with E-state index < -0.39 is 5.82 Å². The van der Waals surface area contributed by atoms with E-state index in [4.69, 9.17) is 4.74 Å². The van der Waals surface area contributed by atoms with E-state index in [-0.39, 0.29) is 23.6 Å². The summed E-state index contributed by atoms with van der Waals surface area (Å²) in [6.45, 7) is 3.01. The molecule has 2 amide bonds. The molecule has 136 valence electrons. The van der Waals surface area contributed by atoms with E-state index in [0.717, 1.165) is 6.42 Å². The Morgan fingerprint density at radius 3 is 2.85 bits per heavy atom. The van der Waals surface area contributed by atoms with E-state index in [1.807, 2.05) is 6.92 Å². The lowest BCUT2D eigenvalue weighted by Crippen LogP contribution is -2.38. The maximum absolute atomic E-state index is 13.2. The number of nitrogens with one attached hydrogen (secondary N) is 1. The first-order valence-electron chi connectivity index (χ1n) is 8.53. The maximum Gasteiger partial charge on any atom is 0.270 e. The highest BCUT2D eigenvalue weighted by Crippen LogP contribution is 2.21. The Morgan fingerprint density at radius 1 is 1.31 bits per heavy atom. The molecule has 1 fully saturated rings. The molecule has 0 spiro atoms. The van der Waals surface area contributed by atoms with Crippen LogP contribution in [0.5, 0.6) is 11.5 Å². The highest BCUT2D eigenvalue weighted by Gasteiger charge is 2.26. The molecule has 7 heteroatoms. The monoisotopic (exact) mass is 357 g/mol. The maximum atomic E-state index is 13.2. The fraction of sp³-hybridized carbons (Fsp3) is 0.316. The topological polar surface area (TPSA) is 71.5 Å². The lowest BCUT2D eigenvalue weighted by atomic mass is 10.2. The van der Waals surface area contributed by atoms with Gasteiger partial charge in [0.25, 0.3) is 5.91 Å². The number of carbonyl (C=O) groups is 2. The van der Waals surface area contributed by atoms with Gasteiger partial charge in [0.15, 0.2) is 0 Å². The molecule has 2 heterocycles. The number of hydrogen-bond acceptors (Lipinski definition) is 4. The van der Waals surface area contributed by atoms with Crippen molar-refractivity contribution in [2.24, 2.45) is 0 Å². The van der Waals surface area contributed by atoms with Crippen LogP contribution in [-0.2, 0) is 4.79 Å². The van der Waals surface area contributed by atoms with E-state index in [2.05, 4.69) is 10.3 Å². The smallest absolute Gasteiger partial charge is 0.270 e. The number of halogens is 1. The molecule has 1 N–H and O–H groups in total. The van der Waals surface area contributed by atoms with E-state index in [9.17, 15) is 14.0 Å². The van der Waals surface area contributed by atoms with Crippen LogP contribution in [0.4, 0.5) is 4.39 Å². The normalized spacial score (nSPS) is 16.4. The SMILES string of the molecule is CCC(=O)N1CCC(NC(=O)c2ccc(Oc3cccc(F)c3)cn2)C1. The zero-order valence-electron chi connectivity index (χ0n) is 14.4. The largest absolute Gasteiger partial charge is 0.456 e. The van der Waals surface area contributed by atoms with Gasteiger partial charge in [0, 0.05) is 31.6 Å². The second-order valence-corrected chi connectivity index (χ2v) is 6.09. The molecule has 26 heavy (non-hydrogen) atoms. The molecule has 1 saturated heterocycles. The average molecular weight is 357 g/mol. The van der Waals surface area contributed by atoms with Crippen molar-refractivity contribution in [3.05, 3.63) is 54.1 Å². The molecule has 6 nitrogen and oxygen atoms in total. The van der Waals surface area contributed by atoms with Gasteiger partial charge in [-0.3, -0.25) is 9.59 Å². The van der Waals surface area contributed by atoms with Crippen LogP contribution in [0.1, 0.15) is 30.3 Å². The van der Waals surface area contributed by atoms with Crippen LogP contribution in [-0.4, -0.2) is 40.8 Å². The number of carbonyl (C=O) groups excluding carboxylic acids is 2. The van der Waals surface area contributed by atoms with E-state index >= 15 is 0 Å². The first-order valence-corrected chi connectivity index (χ1v) is 8.53. The van der Waals surface area contributed by atoms with E-state index in [0.29, 0.717) is 31.0 Å². The number of aromatic nitrogens is 1. The minimum atomic E-state index is -0.390. The first kappa shape index (κ1) is 17.8. The molecule has 0 bridgehead atoms. The first-order chi connectivity index (χ1) is 12.5. The second-order valence-electron chi connectivity index (χ2n) is 6.09. The van der Waals surface area contributed by atoms with Gasteiger partial charge >= 0.3 is 0 Å². The molecule has 2 aromatic rings. The number of nitrogens with zero attached hydrogens (tertiary/aromatic N) is 2. The minimum absolute atomic E-state index is 0.0666. The van der Waals surface area contributed by atoms with Crippen molar-refractivity contribution in [2.45, 2.75) is 25.8 Å². The molecule has 1 aromatic carbocycles. The summed E-state index contributed by atoms with van der Waals surface area (Å²) in [5, 5.41) is 2.89. The molecule has 0 saturated carbocycles. The van der Waals surface area contributed by atoms with Crippen LogP contribution >= 0.6 is 0 Å². The molecule has 0 aliphatic carbocycles. The predicted molar refractivity (Wildman–Crippen MR) is 93.5 cm³/mol. The Morgan fingerprint density at radius 2 is 2.15 bits per heavy atom. The summed E-state index contributed by atoms with van der Waals surface area (Å²) >= 11 is 0. The van der Waals surface area contributed by atoms with Crippen molar-refractivity contribution in [3.8, 4) is 11.5 Å². The standard InChI is InChI=1S/C19H20FN3O3/c1-2-18(24)23-9-8-14(12-23)22-19(25)17-7-6-16(11-21-17)26-15-5-3-4-13(20)10-15/h3-7,10-11,14H,2,8-9,12H2,1H3,(H,22,25). The fourth-order valence-electron chi connectivity index (χ4n) is 2.83. The molecule has 1 atom stereocenters. The van der Waals surface area contributed by atoms with Gasteiger partial charge in [-0.05, 0) is 30.7 Å². The highest BCUT2D eigenvalue weighted by atomic mass is 19.1. The number of hydrogen-bond donors (Lipinski definition) is 1. The number of rotatable bonds is 5. The van der Waals surface area contributed by atoms with Crippen LogP contribution in [0.2, 0.25) is 0 Å². The number of pyridine rings is 1. The Hall–Kier alpha value is -2.96. The Bertz CT molecular complexity index is 795. The van der Waals surface area contributed by atoms with Gasteiger partial charge in [-0.25, -0.2) is 9.37 Å². The molecule has 0 radical (unpaired) electrons. The number of amides is 2. The van der Waals surface area contributed by atoms with Gasteiger partial charge in [0.1, 0.15) is 23.0 Å². The van der Waals surface area contributed by atoms with Gasteiger partial charge in [-0.1, -0.05) is 13.0 Å². The van der Waals surface area contributed by atoms with Crippen molar-refractivity contribution >= 4 is 11.8 Å². The van der Waals surface area contributed by atoms with Crippen LogP contribution in [0.3, 0.4) is 0 Å². The van der Waals surface area contributed by atoms with Gasteiger partial charge in [-0.2, -0.15) is 0 Å². The molecule has 1 aliphatic rings. The highest BCUT2D eigenvalue weighted by molar-refractivity contribution is 5.92. The summed E-state index contributed by atoms with van der Waals surface area (Å²) in [5.41, 5.74) is 0.261. The number of likely N-dealkylation sites (tertiary alicyclic amines) is 1. The summed E-state index contributed by atoms with van der Waals surface area (Å²) in [4.78, 5) is 29.8. The van der Waals surface area contributed by atoms with Crippen molar-refractivity contribution in [1.29, 1.82) is 0 Å². The quantitative estimate of drug-likeness (QED) is 0.893. The van der Waals surface area contributed by atoms with Crippen LogP contribution in [0.25, 0.3) is 0 Å². The van der Waals surface area contributed by atoms with Crippen molar-refractivity contribution in [1.82, 2.24) is 15.2 Å². The van der Waals surface area contributed by atoms with Gasteiger partial charge in [0.2, 0.25) is 5.91 Å². The summed E-state index contributed by atoms with van der Waals surface area (Å²) in [7, 11) is 0. The van der Waals surface area contributed by atoms with Crippen LogP contribution in [0.15, 0.2) is 42.6 Å². The third kappa shape index (κ3) is 4.36. The van der Waals surface area contributed by atoms with Gasteiger partial charge in [0.05, 0.1) is 6.20 Å². The molecular weight excluding hydrogens is 337 g/mol. The minimum Gasteiger partial charge on any atom is -0.456 e. The molecule has 1 aromatic heterocycles. The zero-order chi connectivity index (χ0) is 18.5. The Labute approximate surface area is 151 Å². The van der Waals surface area contributed by atoms with Gasteiger partial charge < -0.3 is 15.0 Å². The molecule has 1 unspecified atom stereocenters. The Balaban J connectivity index is 1.56. The summed E-state index contributed by atoms with van der Waals surface area (Å²) in [6, 6.07) is 8.87. The summed E-state index contributed by atoms with van der Waals surface area (Å²) < 4.78 is 18.7. The van der Waals surface area contributed by atoms with Crippen LogP contribution < -0.4 is 10.1 Å². The fourth-order valence-corrected chi connectivity index (χ4v) is 2.83. The van der Waals surface area contributed by atoms with Crippen molar-refractivity contribution in [3.63, 3.8) is 0 Å². The summed E-state index contributed by atoms with van der Waals surface area (Å²) in [5.74, 6) is 0.179. The predicted octanol–water partition coefficient (Wildman–Crippen LogP) is 2.75. The van der Waals surface area contributed by atoms with Crippen molar-refractivity contribution < 1.29 is 18.7 Å². The van der Waals surface area contributed by atoms with Gasteiger partial charge in [-0.15, -0.1) is 0 Å². The average Bonchev–Trinajstić information content (AvgIpc) is 3.10. The van der Waals surface area contributed by atoms with Crippen molar-refractivity contribution in [2.75, 3.05) is 13.1 Å². The lowest BCUT2D eigenvalue weighted by molar-refractivity contribution is -0.129. The van der Waals surface area contributed by atoms with Crippen LogP contribution in [0, 0.1) is 5.82 Å². The third-order valence-corrected chi connectivity index (χ3v) is 4.18. The number of benzene rings is 1. The molecule has 1 aliphatic heterocycles. The second kappa shape index (κ2) is 7.95. The van der Waals surface area contributed by atoms with E-state index in [1.165, 1.54) is 18.3 Å². The molecular formula is C19H20FN3O3. The summed E-state index contributed by atoms with van der Waals surface area (Å²) in [6.07, 6.45) is 2.62. The third-order valence-electron chi connectivity index (χ3n) is 4.18. The molecule has 3 rings (SSSR count). The Kier molecular flexibility index (Phi) is 5.46. The number of ether oxygens (including phenoxy) is 1. The zero-order valence-corrected chi connectivity index (χ0v) is 14.4.